The zero-order chi connectivity index (χ0) is 13.7. The molecule has 1 aromatic heterocycles. The lowest BCUT2D eigenvalue weighted by molar-refractivity contribution is 0.0844. The summed E-state index contributed by atoms with van der Waals surface area (Å²) in [5, 5.41) is 3.45. The minimum atomic E-state index is 0.269. The van der Waals surface area contributed by atoms with E-state index in [4.69, 9.17) is 4.74 Å². The van der Waals surface area contributed by atoms with E-state index in [2.05, 4.69) is 15.3 Å². The van der Waals surface area contributed by atoms with Gasteiger partial charge in [0.25, 0.3) is 0 Å². The summed E-state index contributed by atoms with van der Waals surface area (Å²) in [4.78, 5) is 10.8. The largest absolute Gasteiger partial charge is 0.377 e. The van der Waals surface area contributed by atoms with Crippen LogP contribution < -0.4 is 10.2 Å². The van der Waals surface area contributed by atoms with Crippen LogP contribution in [0, 0.1) is 0 Å². The monoisotopic (exact) mass is 264 g/mol. The Morgan fingerprint density at radius 2 is 2.05 bits per heavy atom. The number of nitrogens with zero attached hydrogens (tertiary/aromatic N) is 3. The average Bonchev–Trinajstić information content (AvgIpc) is 3.20. The van der Waals surface area contributed by atoms with E-state index in [9.17, 15) is 0 Å². The van der Waals surface area contributed by atoms with Crippen molar-refractivity contribution in [3.05, 3.63) is 18.0 Å². The molecule has 1 fully saturated rings. The fourth-order valence-corrected chi connectivity index (χ4v) is 1.71. The molecule has 1 aliphatic rings. The molecule has 0 atom stereocenters. The zero-order valence-corrected chi connectivity index (χ0v) is 12.1. The van der Waals surface area contributed by atoms with Crippen molar-refractivity contribution in [1.82, 2.24) is 15.3 Å². The molecule has 1 aromatic rings. The van der Waals surface area contributed by atoms with Crippen LogP contribution in [-0.2, 0) is 11.3 Å². The Morgan fingerprint density at radius 3 is 2.63 bits per heavy atom. The standard InChI is InChI=1S/C14H24N4O/c1-11(2)19-7-6-18(3)14-16-9-12(10-17-14)8-15-13-4-5-13/h9-11,13,15H,4-8H2,1-3H3. The van der Waals surface area contributed by atoms with Crippen molar-refractivity contribution >= 4 is 5.95 Å². The van der Waals surface area contributed by atoms with E-state index in [1.807, 2.05) is 38.2 Å². The van der Waals surface area contributed by atoms with Crippen LogP contribution in [0.15, 0.2) is 12.4 Å². The molecule has 0 spiro atoms. The van der Waals surface area contributed by atoms with E-state index < -0.39 is 0 Å². The summed E-state index contributed by atoms with van der Waals surface area (Å²) in [6, 6.07) is 0.718. The summed E-state index contributed by atoms with van der Waals surface area (Å²) in [6.45, 7) is 6.45. The predicted molar refractivity (Wildman–Crippen MR) is 76.3 cm³/mol. The number of likely N-dealkylation sites (N-methyl/N-ethyl adjacent to an activating group) is 1. The number of nitrogens with one attached hydrogen (secondary N) is 1. The van der Waals surface area contributed by atoms with Crippen LogP contribution in [0.3, 0.4) is 0 Å². The fourth-order valence-electron chi connectivity index (χ4n) is 1.71. The molecular formula is C14H24N4O. The van der Waals surface area contributed by atoms with Crippen molar-refractivity contribution in [2.45, 2.75) is 45.4 Å². The maximum Gasteiger partial charge on any atom is 0.225 e. The first-order valence-corrected chi connectivity index (χ1v) is 7.02. The van der Waals surface area contributed by atoms with Gasteiger partial charge in [-0.3, -0.25) is 0 Å². The number of ether oxygens (including phenoxy) is 1. The Kier molecular flexibility index (Phi) is 5.10. The van der Waals surface area contributed by atoms with Gasteiger partial charge in [0.2, 0.25) is 5.95 Å². The van der Waals surface area contributed by atoms with Crippen LogP contribution >= 0.6 is 0 Å². The summed E-state index contributed by atoms with van der Waals surface area (Å²) in [7, 11) is 1.99. The predicted octanol–water partition coefficient (Wildman–Crippen LogP) is 1.59. The first kappa shape index (κ1) is 14.2. The molecule has 5 nitrogen and oxygen atoms in total. The van der Waals surface area contributed by atoms with Crippen molar-refractivity contribution in [2.75, 3.05) is 25.1 Å². The van der Waals surface area contributed by atoms with Gasteiger partial charge in [-0.1, -0.05) is 0 Å². The van der Waals surface area contributed by atoms with E-state index in [0.717, 1.165) is 30.6 Å². The van der Waals surface area contributed by atoms with Crippen molar-refractivity contribution in [3.63, 3.8) is 0 Å². The molecule has 19 heavy (non-hydrogen) atoms. The van der Waals surface area contributed by atoms with Gasteiger partial charge in [0.05, 0.1) is 12.7 Å². The van der Waals surface area contributed by atoms with E-state index >= 15 is 0 Å². The van der Waals surface area contributed by atoms with Gasteiger partial charge in [-0.2, -0.15) is 0 Å². The first-order chi connectivity index (χ1) is 9.15. The van der Waals surface area contributed by atoms with Crippen molar-refractivity contribution in [1.29, 1.82) is 0 Å². The van der Waals surface area contributed by atoms with Crippen LogP contribution in [0.5, 0.6) is 0 Å². The van der Waals surface area contributed by atoms with Crippen LogP contribution in [0.1, 0.15) is 32.3 Å². The van der Waals surface area contributed by atoms with Gasteiger partial charge in [-0.15, -0.1) is 0 Å². The molecule has 2 rings (SSSR count). The van der Waals surface area contributed by atoms with Crippen molar-refractivity contribution in [3.8, 4) is 0 Å². The van der Waals surface area contributed by atoms with Gasteiger partial charge in [-0.25, -0.2) is 9.97 Å². The average molecular weight is 264 g/mol. The van der Waals surface area contributed by atoms with Crippen LogP contribution in [0.4, 0.5) is 5.95 Å². The van der Waals surface area contributed by atoms with Gasteiger partial charge >= 0.3 is 0 Å². The molecular weight excluding hydrogens is 240 g/mol. The number of aromatic nitrogens is 2. The van der Waals surface area contributed by atoms with E-state index in [1.54, 1.807) is 0 Å². The Bertz CT molecular complexity index is 376. The molecule has 1 saturated carbocycles. The van der Waals surface area contributed by atoms with E-state index in [-0.39, 0.29) is 6.10 Å². The second-order valence-corrected chi connectivity index (χ2v) is 5.39. The molecule has 0 aromatic carbocycles. The maximum absolute atomic E-state index is 5.52. The fraction of sp³-hybridized carbons (Fsp3) is 0.714. The molecule has 1 heterocycles. The van der Waals surface area contributed by atoms with E-state index in [1.165, 1.54) is 12.8 Å². The Balaban J connectivity index is 1.75. The van der Waals surface area contributed by atoms with Gasteiger partial charge in [0.15, 0.2) is 0 Å². The second kappa shape index (κ2) is 6.82. The lowest BCUT2D eigenvalue weighted by atomic mass is 10.3. The minimum absolute atomic E-state index is 0.269. The summed E-state index contributed by atoms with van der Waals surface area (Å²) < 4.78 is 5.52. The first-order valence-electron chi connectivity index (χ1n) is 7.02. The lowest BCUT2D eigenvalue weighted by Gasteiger charge is -2.18. The molecule has 1 aliphatic carbocycles. The molecule has 1 N–H and O–H groups in total. The van der Waals surface area contributed by atoms with Crippen LogP contribution in [0.2, 0.25) is 0 Å². The summed E-state index contributed by atoms with van der Waals surface area (Å²) >= 11 is 0. The van der Waals surface area contributed by atoms with E-state index in [0.29, 0.717) is 6.61 Å². The third kappa shape index (κ3) is 5.12. The molecule has 0 unspecified atom stereocenters. The molecule has 0 amide bonds. The molecule has 0 radical (unpaired) electrons. The summed E-state index contributed by atoms with van der Waals surface area (Å²) in [5.74, 6) is 0.752. The normalized spacial score (nSPS) is 14.9. The van der Waals surface area contributed by atoms with Crippen molar-refractivity contribution in [2.24, 2.45) is 0 Å². The Morgan fingerprint density at radius 1 is 1.37 bits per heavy atom. The van der Waals surface area contributed by atoms with Gasteiger partial charge < -0.3 is 15.0 Å². The highest BCUT2D eigenvalue weighted by molar-refractivity contribution is 5.28. The number of rotatable bonds is 8. The van der Waals surface area contributed by atoms with Gasteiger partial charge in [0, 0.05) is 44.1 Å². The quantitative estimate of drug-likeness (QED) is 0.772. The zero-order valence-electron chi connectivity index (χ0n) is 12.1. The Hall–Kier alpha value is -1.20. The third-order valence-corrected chi connectivity index (χ3v) is 3.08. The number of hydrogen-bond acceptors (Lipinski definition) is 5. The highest BCUT2D eigenvalue weighted by Crippen LogP contribution is 2.19. The number of hydrogen-bond donors (Lipinski definition) is 1. The highest BCUT2D eigenvalue weighted by atomic mass is 16.5. The second-order valence-electron chi connectivity index (χ2n) is 5.39. The molecule has 0 saturated heterocycles. The SMILES string of the molecule is CC(C)OCCN(C)c1ncc(CNC2CC2)cn1. The van der Waals surface area contributed by atoms with Crippen LogP contribution in [-0.4, -0.2) is 42.3 Å². The smallest absolute Gasteiger partial charge is 0.225 e. The molecule has 5 heteroatoms. The molecule has 0 bridgehead atoms. The van der Waals surface area contributed by atoms with Gasteiger partial charge in [-0.05, 0) is 26.7 Å². The third-order valence-electron chi connectivity index (χ3n) is 3.08. The lowest BCUT2D eigenvalue weighted by Crippen LogP contribution is -2.25. The van der Waals surface area contributed by atoms with Gasteiger partial charge in [0.1, 0.15) is 0 Å². The molecule has 106 valence electrons. The topological polar surface area (TPSA) is 50.3 Å². The molecule has 0 aliphatic heterocycles. The van der Waals surface area contributed by atoms with Crippen molar-refractivity contribution < 1.29 is 4.74 Å². The number of anilines is 1. The minimum Gasteiger partial charge on any atom is -0.377 e. The maximum atomic E-state index is 5.52. The Labute approximate surface area is 115 Å². The highest BCUT2D eigenvalue weighted by Gasteiger charge is 2.20. The summed E-state index contributed by atoms with van der Waals surface area (Å²) in [6.07, 6.45) is 6.68. The summed E-state index contributed by atoms with van der Waals surface area (Å²) in [5.41, 5.74) is 1.14. The van der Waals surface area contributed by atoms with Crippen LogP contribution in [0.25, 0.3) is 0 Å².